The molecule has 0 fully saturated rings. The number of pyridine rings is 1. The molecule has 0 saturated heterocycles. The molecule has 3 aromatic rings. The Morgan fingerprint density at radius 1 is 0.964 bits per heavy atom. The van der Waals surface area contributed by atoms with Crippen molar-refractivity contribution in [3.8, 4) is 0 Å². The number of amides is 1. The number of ketones is 1. The Morgan fingerprint density at radius 2 is 1.61 bits per heavy atom. The SMILES string of the molecule is CN(Cc1c(F)cccc1Cl)C(=O)C[n+]1ccc(C(=O)c2ccccc2)cc1. The summed E-state index contributed by atoms with van der Waals surface area (Å²) >= 11 is 6.02. The first-order valence-corrected chi connectivity index (χ1v) is 9.09. The Labute approximate surface area is 167 Å². The van der Waals surface area contributed by atoms with Crippen LogP contribution in [-0.4, -0.2) is 23.6 Å². The summed E-state index contributed by atoms with van der Waals surface area (Å²) in [5.41, 5.74) is 1.44. The number of nitrogens with zero attached hydrogens (tertiary/aromatic N) is 2. The van der Waals surface area contributed by atoms with Crippen LogP contribution >= 0.6 is 11.6 Å². The van der Waals surface area contributed by atoms with Gasteiger partial charge in [0.05, 0.1) is 0 Å². The highest BCUT2D eigenvalue weighted by atomic mass is 35.5. The lowest BCUT2D eigenvalue weighted by molar-refractivity contribution is -0.685. The molecule has 6 heteroatoms. The van der Waals surface area contributed by atoms with Crippen molar-refractivity contribution in [2.75, 3.05) is 7.05 Å². The lowest BCUT2D eigenvalue weighted by atomic mass is 10.0. The van der Waals surface area contributed by atoms with Crippen LogP contribution in [0.5, 0.6) is 0 Å². The Bertz CT molecular complexity index is 971. The van der Waals surface area contributed by atoms with Crippen LogP contribution in [0.25, 0.3) is 0 Å². The van der Waals surface area contributed by atoms with Crippen molar-refractivity contribution >= 4 is 23.3 Å². The van der Waals surface area contributed by atoms with Crippen molar-refractivity contribution in [2.24, 2.45) is 0 Å². The van der Waals surface area contributed by atoms with E-state index in [1.807, 2.05) is 18.2 Å². The van der Waals surface area contributed by atoms with Gasteiger partial charge in [-0.2, -0.15) is 4.57 Å². The summed E-state index contributed by atoms with van der Waals surface area (Å²) in [6.45, 7) is 0.151. The van der Waals surface area contributed by atoms with E-state index in [2.05, 4.69) is 0 Å². The van der Waals surface area contributed by atoms with Crippen LogP contribution in [0.2, 0.25) is 5.02 Å². The van der Waals surface area contributed by atoms with E-state index in [4.69, 9.17) is 11.6 Å². The summed E-state index contributed by atoms with van der Waals surface area (Å²) in [4.78, 5) is 26.3. The summed E-state index contributed by atoms with van der Waals surface area (Å²) < 4.78 is 15.6. The maximum absolute atomic E-state index is 13.9. The second-order valence-electron chi connectivity index (χ2n) is 6.40. The molecule has 142 valence electrons. The van der Waals surface area contributed by atoms with Gasteiger partial charge in [-0.1, -0.05) is 48.0 Å². The van der Waals surface area contributed by atoms with E-state index in [1.165, 1.54) is 17.0 Å². The number of rotatable bonds is 6. The Hall–Kier alpha value is -3.05. The van der Waals surface area contributed by atoms with Gasteiger partial charge in [0.15, 0.2) is 18.2 Å². The van der Waals surface area contributed by atoms with Gasteiger partial charge in [0, 0.05) is 47.4 Å². The van der Waals surface area contributed by atoms with E-state index in [9.17, 15) is 14.0 Å². The molecule has 28 heavy (non-hydrogen) atoms. The smallest absolute Gasteiger partial charge is 0.288 e. The molecule has 1 heterocycles. The predicted molar refractivity (Wildman–Crippen MR) is 104 cm³/mol. The molecule has 0 saturated carbocycles. The van der Waals surface area contributed by atoms with E-state index in [1.54, 1.807) is 54.3 Å². The van der Waals surface area contributed by atoms with Gasteiger partial charge in [0.25, 0.3) is 5.91 Å². The molecule has 0 unspecified atom stereocenters. The first-order chi connectivity index (χ1) is 13.5. The van der Waals surface area contributed by atoms with E-state index in [0.29, 0.717) is 11.1 Å². The van der Waals surface area contributed by atoms with Crippen LogP contribution in [0.1, 0.15) is 21.5 Å². The number of carbonyl (C=O) groups is 2. The molecule has 0 atom stereocenters. The molecular weight excluding hydrogens is 379 g/mol. The highest BCUT2D eigenvalue weighted by molar-refractivity contribution is 6.31. The average Bonchev–Trinajstić information content (AvgIpc) is 2.71. The number of hydrogen-bond donors (Lipinski definition) is 0. The minimum absolute atomic E-state index is 0.0718. The Morgan fingerprint density at radius 3 is 2.25 bits per heavy atom. The molecule has 0 bridgehead atoms. The van der Waals surface area contributed by atoms with Crippen molar-refractivity contribution in [1.29, 1.82) is 0 Å². The van der Waals surface area contributed by atoms with Crippen molar-refractivity contribution < 1.29 is 18.5 Å². The van der Waals surface area contributed by atoms with Gasteiger partial charge in [-0.3, -0.25) is 9.59 Å². The first kappa shape index (κ1) is 19.7. The molecule has 0 radical (unpaired) electrons. The molecule has 2 aromatic carbocycles. The topological polar surface area (TPSA) is 41.3 Å². The predicted octanol–water partition coefficient (Wildman–Crippen LogP) is 3.66. The minimum Gasteiger partial charge on any atom is -0.336 e. The number of halogens is 2. The molecule has 0 aliphatic heterocycles. The van der Waals surface area contributed by atoms with Crippen LogP contribution in [0, 0.1) is 5.82 Å². The summed E-state index contributed by atoms with van der Waals surface area (Å²) in [5.74, 6) is -0.722. The number of hydrogen-bond acceptors (Lipinski definition) is 2. The minimum atomic E-state index is -0.441. The van der Waals surface area contributed by atoms with Gasteiger partial charge in [-0.05, 0) is 12.1 Å². The van der Waals surface area contributed by atoms with Crippen molar-refractivity contribution in [2.45, 2.75) is 13.1 Å². The quantitative estimate of drug-likeness (QED) is 0.470. The van der Waals surface area contributed by atoms with Crippen molar-refractivity contribution in [3.63, 3.8) is 0 Å². The lowest BCUT2D eigenvalue weighted by Gasteiger charge is -2.17. The van der Waals surface area contributed by atoms with Crippen molar-refractivity contribution in [3.05, 3.63) is 101 Å². The standard InChI is InChI=1S/C22H19ClFN2O2/c1-25(14-18-19(23)8-5-9-20(18)24)21(27)15-26-12-10-17(11-13-26)22(28)16-6-3-2-4-7-16/h2-13H,14-15H2,1H3/q+1. The fourth-order valence-corrected chi connectivity index (χ4v) is 2.98. The second kappa shape index (κ2) is 8.76. The van der Waals surface area contributed by atoms with Gasteiger partial charge in [0.1, 0.15) is 5.82 Å². The number of benzene rings is 2. The molecule has 0 aliphatic carbocycles. The highest BCUT2D eigenvalue weighted by Crippen LogP contribution is 2.20. The maximum atomic E-state index is 13.9. The second-order valence-corrected chi connectivity index (χ2v) is 6.81. The highest BCUT2D eigenvalue weighted by Gasteiger charge is 2.18. The normalized spacial score (nSPS) is 10.5. The molecular formula is C22H19ClFN2O2+. The third kappa shape index (κ3) is 4.61. The van der Waals surface area contributed by atoms with E-state index < -0.39 is 5.82 Å². The molecule has 0 spiro atoms. The molecule has 1 aromatic heterocycles. The Kier molecular flexibility index (Phi) is 6.16. The average molecular weight is 398 g/mol. The largest absolute Gasteiger partial charge is 0.336 e. The van der Waals surface area contributed by atoms with Crippen molar-refractivity contribution in [1.82, 2.24) is 4.90 Å². The zero-order chi connectivity index (χ0) is 20.1. The zero-order valence-corrected chi connectivity index (χ0v) is 16.1. The van der Waals surface area contributed by atoms with Crippen LogP contribution in [0.15, 0.2) is 73.1 Å². The third-order valence-electron chi connectivity index (χ3n) is 4.39. The van der Waals surface area contributed by atoms with E-state index in [-0.39, 0.29) is 35.4 Å². The lowest BCUT2D eigenvalue weighted by Crippen LogP contribution is -2.43. The monoisotopic (exact) mass is 397 g/mol. The summed E-state index contributed by atoms with van der Waals surface area (Å²) in [6, 6.07) is 16.8. The summed E-state index contributed by atoms with van der Waals surface area (Å²) in [5, 5.41) is 0.288. The van der Waals surface area contributed by atoms with Gasteiger partial charge in [-0.25, -0.2) is 4.39 Å². The van der Waals surface area contributed by atoms with Crippen LogP contribution in [0.3, 0.4) is 0 Å². The third-order valence-corrected chi connectivity index (χ3v) is 4.74. The van der Waals surface area contributed by atoms with E-state index in [0.717, 1.165) is 0 Å². The van der Waals surface area contributed by atoms with Gasteiger partial charge in [0.2, 0.25) is 6.54 Å². The van der Waals surface area contributed by atoms with Gasteiger partial charge >= 0.3 is 0 Å². The zero-order valence-electron chi connectivity index (χ0n) is 15.3. The van der Waals surface area contributed by atoms with Crippen LogP contribution in [0.4, 0.5) is 4.39 Å². The van der Waals surface area contributed by atoms with Gasteiger partial charge < -0.3 is 4.90 Å². The molecule has 0 aliphatic rings. The molecule has 3 rings (SSSR count). The molecule has 0 N–H and O–H groups in total. The van der Waals surface area contributed by atoms with Crippen LogP contribution < -0.4 is 4.57 Å². The van der Waals surface area contributed by atoms with Crippen LogP contribution in [-0.2, 0) is 17.9 Å². The summed E-state index contributed by atoms with van der Waals surface area (Å²) in [6.07, 6.45) is 3.36. The number of likely N-dealkylation sites (N-methyl/N-ethyl adjacent to an activating group) is 1. The molecule has 1 amide bonds. The number of carbonyl (C=O) groups excluding carboxylic acids is 2. The number of aromatic nitrogens is 1. The molecule has 4 nitrogen and oxygen atoms in total. The fourth-order valence-electron chi connectivity index (χ4n) is 2.76. The fraction of sp³-hybridized carbons (Fsp3) is 0.136. The maximum Gasteiger partial charge on any atom is 0.288 e. The van der Waals surface area contributed by atoms with Gasteiger partial charge in [-0.15, -0.1) is 0 Å². The Balaban J connectivity index is 1.65. The van der Waals surface area contributed by atoms with E-state index >= 15 is 0 Å². The summed E-state index contributed by atoms with van der Waals surface area (Å²) in [7, 11) is 1.60. The first-order valence-electron chi connectivity index (χ1n) is 8.71.